The molecule has 3 N–H and O–H groups in total. The zero-order chi connectivity index (χ0) is 34.1. The van der Waals surface area contributed by atoms with Crippen LogP contribution < -0.4 is 16.0 Å². The predicted octanol–water partition coefficient (Wildman–Crippen LogP) is 4.35. The van der Waals surface area contributed by atoms with Gasteiger partial charge in [0.05, 0.1) is 30.5 Å². The van der Waals surface area contributed by atoms with Gasteiger partial charge in [0.15, 0.2) is 0 Å². The largest absolute Gasteiger partial charge is 0.378 e. The molecule has 13 heteroatoms. The van der Waals surface area contributed by atoms with Gasteiger partial charge in [0, 0.05) is 31.0 Å². The zero-order valence-corrected chi connectivity index (χ0v) is 26.5. The number of hydrogen-bond acceptors (Lipinski definition) is 6. The molecule has 4 amide bonds. The summed E-state index contributed by atoms with van der Waals surface area (Å²) >= 11 is 0. The average molecular weight is 656 g/mol. The van der Waals surface area contributed by atoms with E-state index < -0.39 is 53.0 Å². The van der Waals surface area contributed by atoms with Crippen LogP contribution in [0.15, 0.2) is 42.5 Å². The third-order valence-electron chi connectivity index (χ3n) is 8.83. The highest BCUT2D eigenvalue weighted by Gasteiger charge is 2.44. The van der Waals surface area contributed by atoms with Crippen LogP contribution in [0.1, 0.15) is 75.0 Å². The molecule has 1 aliphatic carbocycles. The van der Waals surface area contributed by atoms with Crippen LogP contribution >= 0.6 is 0 Å². The Bertz CT molecular complexity index is 1500. The molecule has 4 rings (SSSR count). The van der Waals surface area contributed by atoms with Gasteiger partial charge in [0.2, 0.25) is 17.7 Å². The van der Waals surface area contributed by atoms with Crippen molar-refractivity contribution in [1.82, 2.24) is 15.5 Å². The number of carbonyl (C=O) groups excluding carboxylic acids is 4. The molecule has 3 atom stereocenters. The molecule has 47 heavy (non-hydrogen) atoms. The maximum Gasteiger partial charge on any atom is 0.349 e. The average Bonchev–Trinajstić information content (AvgIpc) is 3.10. The number of nitrogens with one attached hydrogen (secondary N) is 3. The molecule has 10 nitrogen and oxygen atoms in total. The Morgan fingerprint density at radius 1 is 1.04 bits per heavy atom. The smallest absolute Gasteiger partial charge is 0.349 e. The number of morpholine rings is 1. The van der Waals surface area contributed by atoms with E-state index in [0.29, 0.717) is 44.7 Å². The summed E-state index contributed by atoms with van der Waals surface area (Å²) in [6.45, 7) is 4.80. The minimum Gasteiger partial charge on any atom is -0.378 e. The SMILES string of the molecule is CCC(=O)N[C@@H](C(=O)N1CCOCC1)[C@@H](C)c1ccc(NC(=O)[C@@H](NC(=O)C(F)(F)c2cccc(C#N)c2)C2CCCCC2)c(F)c1. The topological polar surface area (TPSA) is 141 Å². The summed E-state index contributed by atoms with van der Waals surface area (Å²) in [5, 5.41) is 16.5. The standard InChI is InChI=1S/C34H40F3N5O5/c1-3-28(43)40-29(32(45)42-14-16-47-17-15-42)21(2)24-12-13-27(26(35)19-24)39-31(44)30(23-9-5-4-6-10-23)41-33(46)34(36,37)25-11-7-8-22(18-25)20-38/h7-8,11-13,18-19,21,23,29-30H,3-6,9-10,14-17H2,1-2H3,(H,39,44)(H,40,43)(H,41,46)/t21-,29+,30-/m0/s1. The normalized spacial score (nSPS) is 17.5. The molecule has 0 aromatic heterocycles. The lowest BCUT2D eigenvalue weighted by Gasteiger charge is -2.33. The lowest BCUT2D eigenvalue weighted by molar-refractivity contribution is -0.149. The summed E-state index contributed by atoms with van der Waals surface area (Å²) in [4.78, 5) is 53.7. The minimum absolute atomic E-state index is 0.0469. The van der Waals surface area contributed by atoms with Crippen LogP contribution in [-0.2, 0) is 29.8 Å². The van der Waals surface area contributed by atoms with E-state index in [9.17, 15) is 19.2 Å². The van der Waals surface area contributed by atoms with Gasteiger partial charge in [-0.1, -0.05) is 51.3 Å². The first-order valence-corrected chi connectivity index (χ1v) is 15.9. The van der Waals surface area contributed by atoms with Gasteiger partial charge in [-0.3, -0.25) is 19.2 Å². The molecule has 1 saturated carbocycles. The summed E-state index contributed by atoms with van der Waals surface area (Å²) in [5.74, 6) is -9.17. The van der Waals surface area contributed by atoms with Gasteiger partial charge in [-0.25, -0.2) is 4.39 Å². The number of carbonyl (C=O) groups is 4. The summed E-state index contributed by atoms with van der Waals surface area (Å²) < 4.78 is 51.3. The highest BCUT2D eigenvalue weighted by atomic mass is 19.3. The van der Waals surface area contributed by atoms with Crippen molar-refractivity contribution in [1.29, 1.82) is 5.26 Å². The first kappa shape index (κ1) is 35.4. The number of anilines is 1. The van der Waals surface area contributed by atoms with Gasteiger partial charge in [0.25, 0.3) is 5.91 Å². The maximum atomic E-state index is 15.5. The van der Waals surface area contributed by atoms with Gasteiger partial charge in [-0.05, 0) is 48.6 Å². The second-order valence-corrected chi connectivity index (χ2v) is 12.0. The van der Waals surface area contributed by atoms with E-state index in [1.54, 1.807) is 24.8 Å². The van der Waals surface area contributed by atoms with Gasteiger partial charge in [-0.15, -0.1) is 0 Å². The van der Waals surface area contributed by atoms with Gasteiger partial charge in [-0.2, -0.15) is 14.0 Å². The fourth-order valence-electron chi connectivity index (χ4n) is 5.99. The lowest BCUT2D eigenvalue weighted by Crippen LogP contribution is -2.53. The number of rotatable bonds is 11. The molecule has 1 heterocycles. The van der Waals surface area contributed by atoms with Crippen molar-refractivity contribution < 1.29 is 37.1 Å². The Hall–Kier alpha value is -4.44. The Kier molecular flexibility index (Phi) is 12.0. The van der Waals surface area contributed by atoms with Gasteiger partial charge >= 0.3 is 5.92 Å². The van der Waals surface area contributed by atoms with Crippen molar-refractivity contribution in [2.75, 3.05) is 31.6 Å². The number of nitriles is 1. The van der Waals surface area contributed by atoms with E-state index in [4.69, 9.17) is 10.00 Å². The molecule has 2 aromatic rings. The van der Waals surface area contributed by atoms with E-state index in [1.807, 2.05) is 0 Å². The first-order chi connectivity index (χ1) is 22.5. The molecular weight excluding hydrogens is 615 g/mol. The number of benzene rings is 2. The van der Waals surface area contributed by atoms with E-state index in [0.717, 1.165) is 37.5 Å². The zero-order valence-electron chi connectivity index (χ0n) is 26.5. The summed E-state index contributed by atoms with van der Waals surface area (Å²) in [5.41, 5.74) is -0.578. The molecule has 1 saturated heterocycles. The third-order valence-corrected chi connectivity index (χ3v) is 8.83. The van der Waals surface area contributed by atoms with Crippen LogP contribution in [0, 0.1) is 23.1 Å². The minimum atomic E-state index is -4.04. The molecule has 0 unspecified atom stereocenters. The first-order valence-electron chi connectivity index (χ1n) is 15.9. The maximum absolute atomic E-state index is 15.5. The molecule has 252 valence electrons. The Labute approximate surface area is 272 Å². The van der Waals surface area contributed by atoms with Crippen LogP contribution in [0.3, 0.4) is 0 Å². The van der Waals surface area contributed by atoms with Crippen LogP contribution in [0.2, 0.25) is 0 Å². The second-order valence-electron chi connectivity index (χ2n) is 12.0. The van der Waals surface area contributed by atoms with Gasteiger partial charge in [0.1, 0.15) is 17.9 Å². The number of hydrogen-bond donors (Lipinski definition) is 3. The van der Waals surface area contributed by atoms with Crippen molar-refractivity contribution in [2.24, 2.45) is 5.92 Å². The van der Waals surface area contributed by atoms with Crippen LogP contribution in [0.5, 0.6) is 0 Å². The number of amides is 4. The monoisotopic (exact) mass is 655 g/mol. The summed E-state index contributed by atoms with van der Waals surface area (Å²) in [6.07, 6.45) is 3.55. The molecular formula is C34H40F3N5O5. The molecule has 2 fully saturated rings. The molecule has 0 spiro atoms. The number of ether oxygens (including phenoxy) is 1. The van der Waals surface area contributed by atoms with Crippen molar-refractivity contribution in [3.05, 3.63) is 65.0 Å². The van der Waals surface area contributed by atoms with Gasteiger partial charge < -0.3 is 25.6 Å². The molecule has 0 radical (unpaired) electrons. The van der Waals surface area contributed by atoms with Crippen molar-refractivity contribution in [3.63, 3.8) is 0 Å². The van der Waals surface area contributed by atoms with E-state index in [-0.39, 0.29) is 29.5 Å². The van der Waals surface area contributed by atoms with E-state index in [2.05, 4.69) is 16.0 Å². The van der Waals surface area contributed by atoms with Crippen molar-refractivity contribution >= 4 is 29.3 Å². The summed E-state index contributed by atoms with van der Waals surface area (Å²) in [6, 6.07) is 7.92. The van der Waals surface area contributed by atoms with Crippen molar-refractivity contribution in [3.8, 4) is 6.07 Å². The molecule has 1 aliphatic heterocycles. The number of halogens is 3. The molecule has 2 aromatic carbocycles. The number of alkyl halides is 2. The molecule has 2 aliphatic rings. The highest BCUT2D eigenvalue weighted by Crippen LogP contribution is 2.32. The predicted molar refractivity (Wildman–Crippen MR) is 167 cm³/mol. The van der Waals surface area contributed by atoms with Crippen LogP contribution in [0.25, 0.3) is 0 Å². The fraction of sp³-hybridized carbons (Fsp3) is 0.500. The summed E-state index contributed by atoms with van der Waals surface area (Å²) in [7, 11) is 0. The fourth-order valence-corrected chi connectivity index (χ4v) is 5.99. The Balaban J connectivity index is 1.53. The van der Waals surface area contributed by atoms with E-state index >= 15 is 13.2 Å². The van der Waals surface area contributed by atoms with Crippen LogP contribution in [-0.4, -0.2) is 66.9 Å². The Morgan fingerprint density at radius 2 is 1.74 bits per heavy atom. The van der Waals surface area contributed by atoms with Crippen molar-refractivity contribution in [2.45, 2.75) is 76.3 Å². The van der Waals surface area contributed by atoms with Crippen LogP contribution in [0.4, 0.5) is 18.9 Å². The van der Waals surface area contributed by atoms with E-state index in [1.165, 1.54) is 24.3 Å². The highest BCUT2D eigenvalue weighted by molar-refractivity contribution is 5.98. The number of nitrogens with zero attached hydrogens (tertiary/aromatic N) is 2. The quantitative estimate of drug-likeness (QED) is 0.329. The molecule has 0 bridgehead atoms. The lowest BCUT2D eigenvalue weighted by atomic mass is 9.83. The Morgan fingerprint density at radius 3 is 2.38 bits per heavy atom. The third kappa shape index (κ3) is 8.68. The second kappa shape index (κ2) is 15.9.